The molecule has 0 aliphatic carbocycles. The van der Waals surface area contributed by atoms with Crippen LogP contribution in [0.3, 0.4) is 0 Å². The lowest BCUT2D eigenvalue weighted by Gasteiger charge is -2.36. The van der Waals surface area contributed by atoms with E-state index < -0.39 is 0 Å². The third-order valence-electron chi connectivity index (χ3n) is 6.31. The van der Waals surface area contributed by atoms with Gasteiger partial charge < -0.3 is 28.9 Å². The predicted molar refractivity (Wildman–Crippen MR) is 124 cm³/mol. The number of carbonyl (C=O) groups is 2. The lowest BCUT2D eigenvalue weighted by Crippen LogP contribution is -2.51. The van der Waals surface area contributed by atoms with Crippen LogP contribution in [0.5, 0.6) is 17.2 Å². The summed E-state index contributed by atoms with van der Waals surface area (Å²) >= 11 is 0. The molecule has 2 fully saturated rings. The number of hydrogen-bond donors (Lipinski definition) is 0. The molecule has 0 saturated carbocycles. The van der Waals surface area contributed by atoms with E-state index in [1.54, 1.807) is 16.9 Å². The van der Waals surface area contributed by atoms with Gasteiger partial charge in [0, 0.05) is 62.8 Å². The highest BCUT2D eigenvalue weighted by Gasteiger charge is 2.33. The van der Waals surface area contributed by atoms with E-state index >= 15 is 0 Å². The first-order valence-electron chi connectivity index (χ1n) is 11.3. The van der Waals surface area contributed by atoms with Crippen LogP contribution in [0.2, 0.25) is 0 Å². The zero-order valence-corrected chi connectivity index (χ0v) is 18.7. The Kier molecular flexibility index (Phi) is 5.85. The Balaban J connectivity index is 1.16. The van der Waals surface area contributed by atoms with Crippen LogP contribution in [0, 0.1) is 0 Å². The predicted octanol–water partition coefficient (Wildman–Crippen LogP) is 2.06. The molecule has 2 aromatic carbocycles. The van der Waals surface area contributed by atoms with Gasteiger partial charge >= 0.3 is 6.03 Å². The lowest BCUT2D eigenvalue weighted by atomic mass is 10.2. The number of nitrogens with zero attached hydrogens (tertiary/aromatic N) is 4. The molecule has 0 atom stereocenters. The quantitative estimate of drug-likeness (QED) is 0.692. The van der Waals surface area contributed by atoms with Gasteiger partial charge in [0.25, 0.3) is 0 Å². The zero-order valence-electron chi connectivity index (χ0n) is 18.7. The van der Waals surface area contributed by atoms with E-state index in [4.69, 9.17) is 14.2 Å². The Labute approximate surface area is 193 Å². The number of methoxy groups -OCH3 is 1. The standard InChI is InChI=1S/C24H28N4O5/c1-31-20-4-2-3-18(15-20)25-7-9-26(10-8-25)23(29)17-27-11-12-28(24(27)30)19-5-6-21-22(16-19)33-14-13-32-21/h2-6,15-16H,7-14,17H2,1H3. The fraction of sp³-hybridized carbons (Fsp3) is 0.417. The van der Waals surface area contributed by atoms with E-state index in [1.807, 2.05) is 41.3 Å². The van der Waals surface area contributed by atoms with Crippen LogP contribution in [0.25, 0.3) is 0 Å². The number of ether oxygens (including phenoxy) is 3. The topological polar surface area (TPSA) is 74.8 Å². The maximum Gasteiger partial charge on any atom is 0.325 e. The summed E-state index contributed by atoms with van der Waals surface area (Å²) in [5, 5.41) is 0. The van der Waals surface area contributed by atoms with Crippen LogP contribution in [-0.2, 0) is 4.79 Å². The number of amides is 3. The Hall–Kier alpha value is -3.62. The maximum absolute atomic E-state index is 13.0. The average molecular weight is 453 g/mol. The number of urea groups is 1. The van der Waals surface area contributed by atoms with Crippen LogP contribution in [0.4, 0.5) is 16.2 Å². The first kappa shape index (κ1) is 21.2. The number of carbonyl (C=O) groups excluding carboxylic acids is 2. The number of piperazine rings is 1. The maximum atomic E-state index is 13.0. The summed E-state index contributed by atoms with van der Waals surface area (Å²) in [6, 6.07) is 13.3. The third kappa shape index (κ3) is 4.35. The van der Waals surface area contributed by atoms with E-state index in [0.717, 1.165) is 30.2 Å². The van der Waals surface area contributed by atoms with Crippen molar-refractivity contribution in [3.63, 3.8) is 0 Å². The summed E-state index contributed by atoms with van der Waals surface area (Å²) in [7, 11) is 1.66. The van der Waals surface area contributed by atoms with E-state index in [-0.39, 0.29) is 18.5 Å². The van der Waals surface area contributed by atoms with Crippen molar-refractivity contribution in [2.75, 3.05) is 75.9 Å². The minimum Gasteiger partial charge on any atom is -0.497 e. The highest BCUT2D eigenvalue weighted by atomic mass is 16.6. The fourth-order valence-electron chi connectivity index (χ4n) is 4.45. The second kappa shape index (κ2) is 9.09. The monoisotopic (exact) mass is 452 g/mol. The molecule has 2 aromatic rings. The van der Waals surface area contributed by atoms with Crippen molar-refractivity contribution in [1.82, 2.24) is 9.80 Å². The van der Waals surface area contributed by atoms with E-state index in [2.05, 4.69) is 11.0 Å². The number of hydrogen-bond acceptors (Lipinski definition) is 6. The molecule has 2 saturated heterocycles. The molecule has 0 N–H and O–H groups in total. The van der Waals surface area contributed by atoms with Crippen LogP contribution in [0.15, 0.2) is 42.5 Å². The molecule has 9 heteroatoms. The highest BCUT2D eigenvalue weighted by Crippen LogP contribution is 2.35. The molecule has 3 aliphatic rings. The van der Waals surface area contributed by atoms with Crippen LogP contribution >= 0.6 is 0 Å². The van der Waals surface area contributed by atoms with Crippen molar-refractivity contribution < 1.29 is 23.8 Å². The van der Waals surface area contributed by atoms with Crippen molar-refractivity contribution in [2.45, 2.75) is 0 Å². The molecule has 0 bridgehead atoms. The largest absolute Gasteiger partial charge is 0.497 e. The number of fused-ring (bicyclic) bond motifs is 1. The fourth-order valence-corrected chi connectivity index (χ4v) is 4.45. The van der Waals surface area contributed by atoms with Crippen molar-refractivity contribution in [3.8, 4) is 17.2 Å². The van der Waals surface area contributed by atoms with Gasteiger partial charge in [-0.3, -0.25) is 9.69 Å². The molecule has 0 radical (unpaired) electrons. The summed E-state index contributed by atoms with van der Waals surface area (Å²) in [5.74, 6) is 2.14. The summed E-state index contributed by atoms with van der Waals surface area (Å²) in [5.41, 5.74) is 1.84. The van der Waals surface area contributed by atoms with Crippen LogP contribution in [0.1, 0.15) is 0 Å². The Morgan fingerprint density at radius 2 is 1.70 bits per heavy atom. The number of anilines is 2. The molecule has 0 spiro atoms. The van der Waals surface area contributed by atoms with Gasteiger partial charge in [-0.1, -0.05) is 6.07 Å². The molecule has 174 valence electrons. The Morgan fingerprint density at radius 3 is 2.48 bits per heavy atom. The first-order valence-corrected chi connectivity index (χ1v) is 11.3. The second-order valence-corrected chi connectivity index (χ2v) is 8.25. The minimum atomic E-state index is -0.157. The van der Waals surface area contributed by atoms with Crippen molar-refractivity contribution in [1.29, 1.82) is 0 Å². The molecule has 5 rings (SSSR count). The van der Waals surface area contributed by atoms with Crippen LogP contribution < -0.4 is 24.0 Å². The average Bonchev–Trinajstić information content (AvgIpc) is 3.23. The SMILES string of the molecule is COc1cccc(N2CCN(C(=O)CN3CCN(c4ccc5c(c4)OCCO5)C3=O)CC2)c1. The van der Waals surface area contributed by atoms with Gasteiger partial charge in [0.15, 0.2) is 11.5 Å². The minimum absolute atomic E-state index is 0.0160. The molecule has 9 nitrogen and oxygen atoms in total. The van der Waals surface area contributed by atoms with Gasteiger partial charge in [-0.2, -0.15) is 0 Å². The molecule has 33 heavy (non-hydrogen) atoms. The smallest absolute Gasteiger partial charge is 0.325 e. The molecular formula is C24H28N4O5. The molecule has 3 amide bonds. The van der Waals surface area contributed by atoms with Gasteiger partial charge in [0.2, 0.25) is 5.91 Å². The molecule has 3 aliphatic heterocycles. The highest BCUT2D eigenvalue weighted by molar-refractivity contribution is 5.96. The van der Waals surface area contributed by atoms with Gasteiger partial charge in [0.1, 0.15) is 25.5 Å². The van der Waals surface area contributed by atoms with E-state index in [1.165, 1.54) is 0 Å². The van der Waals surface area contributed by atoms with Gasteiger partial charge in [-0.05, 0) is 24.3 Å². The Morgan fingerprint density at radius 1 is 0.909 bits per heavy atom. The number of benzene rings is 2. The first-order chi connectivity index (χ1) is 16.1. The van der Waals surface area contributed by atoms with Gasteiger partial charge in [0.05, 0.1) is 7.11 Å². The number of rotatable bonds is 5. The van der Waals surface area contributed by atoms with Crippen molar-refractivity contribution in [2.24, 2.45) is 0 Å². The van der Waals surface area contributed by atoms with E-state index in [0.29, 0.717) is 50.9 Å². The van der Waals surface area contributed by atoms with Crippen molar-refractivity contribution >= 4 is 23.3 Å². The van der Waals surface area contributed by atoms with E-state index in [9.17, 15) is 9.59 Å². The third-order valence-corrected chi connectivity index (χ3v) is 6.31. The lowest BCUT2D eigenvalue weighted by molar-refractivity contribution is -0.131. The second-order valence-electron chi connectivity index (χ2n) is 8.25. The molecule has 3 heterocycles. The summed E-state index contributed by atoms with van der Waals surface area (Å²) in [4.78, 5) is 33.3. The summed E-state index contributed by atoms with van der Waals surface area (Å²) in [6.45, 7) is 4.92. The zero-order chi connectivity index (χ0) is 22.8. The summed E-state index contributed by atoms with van der Waals surface area (Å²) < 4.78 is 16.5. The normalized spacial score (nSPS) is 18.0. The van der Waals surface area contributed by atoms with Crippen molar-refractivity contribution in [3.05, 3.63) is 42.5 Å². The summed E-state index contributed by atoms with van der Waals surface area (Å²) in [6.07, 6.45) is 0. The van der Waals surface area contributed by atoms with Crippen LogP contribution in [-0.4, -0.2) is 87.9 Å². The molecule has 0 unspecified atom stereocenters. The molecule has 0 aromatic heterocycles. The van der Waals surface area contributed by atoms with Gasteiger partial charge in [-0.25, -0.2) is 4.79 Å². The van der Waals surface area contributed by atoms with Gasteiger partial charge in [-0.15, -0.1) is 0 Å². The molecular weight excluding hydrogens is 424 g/mol. The Bertz CT molecular complexity index is 1040.